The van der Waals surface area contributed by atoms with Gasteiger partial charge in [0.2, 0.25) is 5.91 Å². The first-order chi connectivity index (χ1) is 10.2. The third-order valence-electron chi connectivity index (χ3n) is 3.64. The standard InChI is InChI=1S/C16H24N2O2S/c1-12-3-4-13(9-15(12)20-2)5-6-18-16(19)10-14-11-21-8-7-17-14/h3-4,9,14,17H,5-8,10-11H2,1-2H3,(H,18,19). The van der Waals surface area contributed by atoms with Crippen molar-refractivity contribution in [1.29, 1.82) is 0 Å². The molecule has 1 aliphatic rings. The molecule has 0 aliphatic carbocycles. The molecule has 0 radical (unpaired) electrons. The third kappa shape index (κ3) is 5.25. The second-order valence-electron chi connectivity index (χ2n) is 5.33. The van der Waals surface area contributed by atoms with Crippen LogP contribution in [0.5, 0.6) is 5.75 Å². The summed E-state index contributed by atoms with van der Waals surface area (Å²) < 4.78 is 5.32. The molecule has 5 heteroatoms. The van der Waals surface area contributed by atoms with E-state index < -0.39 is 0 Å². The zero-order valence-corrected chi connectivity index (χ0v) is 13.6. The van der Waals surface area contributed by atoms with Crippen molar-refractivity contribution in [1.82, 2.24) is 10.6 Å². The maximum absolute atomic E-state index is 11.9. The van der Waals surface area contributed by atoms with Gasteiger partial charge in [-0.15, -0.1) is 0 Å². The Morgan fingerprint density at radius 2 is 2.38 bits per heavy atom. The lowest BCUT2D eigenvalue weighted by molar-refractivity contribution is -0.121. The number of thioether (sulfide) groups is 1. The molecule has 1 aromatic rings. The SMILES string of the molecule is COc1cc(CCNC(=O)CC2CSCCN2)ccc1C. The Bertz CT molecular complexity index is 473. The number of ether oxygens (including phenoxy) is 1. The molecule has 1 saturated heterocycles. The van der Waals surface area contributed by atoms with Crippen LogP contribution >= 0.6 is 11.8 Å². The van der Waals surface area contributed by atoms with Crippen LogP contribution in [0.15, 0.2) is 18.2 Å². The molecule has 0 spiro atoms. The molecule has 0 aromatic heterocycles. The Kier molecular flexibility index (Phi) is 6.39. The number of carbonyl (C=O) groups excluding carboxylic acids is 1. The molecule has 21 heavy (non-hydrogen) atoms. The third-order valence-corrected chi connectivity index (χ3v) is 4.77. The highest BCUT2D eigenvalue weighted by Crippen LogP contribution is 2.19. The van der Waals surface area contributed by atoms with Crippen molar-refractivity contribution in [2.75, 3.05) is 31.7 Å². The molecular formula is C16H24N2O2S. The summed E-state index contributed by atoms with van der Waals surface area (Å²) in [6, 6.07) is 6.51. The lowest BCUT2D eigenvalue weighted by atomic mass is 10.1. The lowest BCUT2D eigenvalue weighted by Gasteiger charge is -2.22. The Balaban J connectivity index is 1.72. The van der Waals surface area contributed by atoms with E-state index in [0.29, 0.717) is 19.0 Å². The fourth-order valence-electron chi connectivity index (χ4n) is 2.41. The van der Waals surface area contributed by atoms with Gasteiger partial charge in [-0.05, 0) is 30.5 Å². The van der Waals surface area contributed by atoms with Gasteiger partial charge in [0.15, 0.2) is 0 Å². The summed E-state index contributed by atoms with van der Waals surface area (Å²) in [7, 11) is 1.68. The predicted molar refractivity (Wildman–Crippen MR) is 88.2 cm³/mol. The van der Waals surface area contributed by atoms with E-state index in [1.54, 1.807) is 7.11 Å². The molecule has 116 valence electrons. The van der Waals surface area contributed by atoms with Gasteiger partial charge < -0.3 is 15.4 Å². The summed E-state index contributed by atoms with van der Waals surface area (Å²) in [4.78, 5) is 11.9. The number of benzene rings is 1. The normalized spacial score (nSPS) is 18.3. The monoisotopic (exact) mass is 308 g/mol. The summed E-state index contributed by atoms with van der Waals surface area (Å²) in [6.07, 6.45) is 1.40. The number of carbonyl (C=O) groups is 1. The van der Waals surface area contributed by atoms with Gasteiger partial charge in [-0.2, -0.15) is 11.8 Å². The summed E-state index contributed by atoms with van der Waals surface area (Å²) in [5.41, 5.74) is 2.32. The van der Waals surface area contributed by atoms with Gasteiger partial charge >= 0.3 is 0 Å². The van der Waals surface area contributed by atoms with E-state index in [9.17, 15) is 4.79 Å². The van der Waals surface area contributed by atoms with Crippen LogP contribution in [0, 0.1) is 6.92 Å². The van der Waals surface area contributed by atoms with Crippen LogP contribution in [-0.2, 0) is 11.2 Å². The number of methoxy groups -OCH3 is 1. The van der Waals surface area contributed by atoms with Crippen molar-refractivity contribution in [3.8, 4) is 5.75 Å². The summed E-state index contributed by atoms with van der Waals surface area (Å²) in [5.74, 6) is 3.21. The first-order valence-corrected chi connectivity index (χ1v) is 8.56. The molecule has 2 rings (SSSR count). The van der Waals surface area contributed by atoms with Crippen LogP contribution in [0.25, 0.3) is 0 Å². The Hall–Kier alpha value is -1.20. The van der Waals surface area contributed by atoms with Crippen LogP contribution in [0.1, 0.15) is 17.5 Å². The summed E-state index contributed by atoms with van der Waals surface area (Å²) in [5, 5.41) is 6.38. The minimum absolute atomic E-state index is 0.133. The quantitative estimate of drug-likeness (QED) is 0.841. The summed E-state index contributed by atoms with van der Waals surface area (Å²) >= 11 is 1.91. The van der Waals surface area contributed by atoms with E-state index in [1.807, 2.05) is 24.8 Å². The van der Waals surface area contributed by atoms with Crippen LogP contribution in [0.3, 0.4) is 0 Å². The topological polar surface area (TPSA) is 50.4 Å². The molecule has 1 amide bonds. The maximum Gasteiger partial charge on any atom is 0.221 e. The molecule has 2 N–H and O–H groups in total. The molecule has 0 saturated carbocycles. The molecule has 1 unspecified atom stereocenters. The van der Waals surface area contributed by atoms with E-state index in [0.717, 1.165) is 35.8 Å². The fourth-order valence-corrected chi connectivity index (χ4v) is 3.36. The highest BCUT2D eigenvalue weighted by molar-refractivity contribution is 7.99. The molecule has 1 atom stereocenters. The minimum atomic E-state index is 0.133. The van der Waals surface area contributed by atoms with E-state index in [-0.39, 0.29) is 5.91 Å². The van der Waals surface area contributed by atoms with Crippen molar-refractivity contribution >= 4 is 17.7 Å². The van der Waals surface area contributed by atoms with Crippen LogP contribution in [0.4, 0.5) is 0 Å². The smallest absolute Gasteiger partial charge is 0.221 e. The van der Waals surface area contributed by atoms with Crippen LogP contribution in [-0.4, -0.2) is 43.7 Å². The van der Waals surface area contributed by atoms with E-state index in [4.69, 9.17) is 4.74 Å². The maximum atomic E-state index is 11.9. The van der Waals surface area contributed by atoms with Crippen molar-refractivity contribution < 1.29 is 9.53 Å². The second-order valence-corrected chi connectivity index (χ2v) is 6.48. The van der Waals surface area contributed by atoms with Gasteiger partial charge in [-0.1, -0.05) is 12.1 Å². The number of aryl methyl sites for hydroxylation is 1. The first kappa shape index (κ1) is 16.2. The van der Waals surface area contributed by atoms with Gasteiger partial charge in [0.1, 0.15) is 5.75 Å². The van der Waals surface area contributed by atoms with Crippen molar-refractivity contribution in [2.45, 2.75) is 25.8 Å². The van der Waals surface area contributed by atoms with Crippen molar-refractivity contribution in [3.63, 3.8) is 0 Å². The van der Waals surface area contributed by atoms with Gasteiger partial charge in [-0.25, -0.2) is 0 Å². The average molecular weight is 308 g/mol. The van der Waals surface area contributed by atoms with Gasteiger partial charge in [-0.3, -0.25) is 4.79 Å². The average Bonchev–Trinajstić information content (AvgIpc) is 2.50. The lowest BCUT2D eigenvalue weighted by Crippen LogP contribution is -2.41. The number of hydrogen-bond donors (Lipinski definition) is 2. The largest absolute Gasteiger partial charge is 0.496 e. The highest BCUT2D eigenvalue weighted by atomic mass is 32.2. The van der Waals surface area contributed by atoms with E-state index >= 15 is 0 Å². The van der Waals surface area contributed by atoms with E-state index in [1.165, 1.54) is 5.56 Å². The first-order valence-electron chi connectivity index (χ1n) is 7.40. The fraction of sp³-hybridized carbons (Fsp3) is 0.562. The number of rotatable bonds is 6. The van der Waals surface area contributed by atoms with Crippen LogP contribution in [0.2, 0.25) is 0 Å². The Morgan fingerprint density at radius 3 is 3.10 bits per heavy atom. The zero-order chi connectivity index (χ0) is 15.1. The Labute approximate surface area is 131 Å². The zero-order valence-electron chi connectivity index (χ0n) is 12.8. The molecular weight excluding hydrogens is 284 g/mol. The Morgan fingerprint density at radius 1 is 1.52 bits per heavy atom. The van der Waals surface area contributed by atoms with Gasteiger partial charge in [0.25, 0.3) is 0 Å². The second kappa shape index (κ2) is 8.29. The summed E-state index contributed by atoms with van der Waals surface area (Å²) in [6.45, 7) is 3.70. The number of amides is 1. The van der Waals surface area contributed by atoms with Crippen LogP contribution < -0.4 is 15.4 Å². The number of nitrogens with one attached hydrogen (secondary N) is 2. The molecule has 1 aromatic carbocycles. The van der Waals surface area contributed by atoms with Crippen molar-refractivity contribution in [2.24, 2.45) is 0 Å². The molecule has 1 aliphatic heterocycles. The van der Waals surface area contributed by atoms with Gasteiger partial charge in [0, 0.05) is 37.1 Å². The minimum Gasteiger partial charge on any atom is -0.496 e. The van der Waals surface area contributed by atoms with Crippen molar-refractivity contribution in [3.05, 3.63) is 29.3 Å². The molecule has 0 bridgehead atoms. The predicted octanol–water partition coefficient (Wildman–Crippen LogP) is 1.76. The van der Waals surface area contributed by atoms with E-state index in [2.05, 4.69) is 22.8 Å². The number of hydrogen-bond acceptors (Lipinski definition) is 4. The molecule has 1 fully saturated rings. The van der Waals surface area contributed by atoms with Gasteiger partial charge in [0.05, 0.1) is 7.11 Å². The molecule has 4 nitrogen and oxygen atoms in total. The highest BCUT2D eigenvalue weighted by Gasteiger charge is 2.16. The molecule has 1 heterocycles.